The molecule has 3 N–H and O–H groups in total. The standard InChI is InChI=1S/C8H7N5OS/c9-7-12-5(4-15-7)6(14)13-8-10-2-1-3-11-8/h1-4H,(H2,9,12)(H,10,11,13,14). The normalized spacial score (nSPS) is 9.87. The van der Waals surface area contributed by atoms with Crippen molar-refractivity contribution in [2.45, 2.75) is 0 Å². The van der Waals surface area contributed by atoms with Gasteiger partial charge in [-0.1, -0.05) is 0 Å². The fourth-order valence-electron chi connectivity index (χ4n) is 0.921. The van der Waals surface area contributed by atoms with Gasteiger partial charge >= 0.3 is 0 Å². The maximum absolute atomic E-state index is 11.5. The van der Waals surface area contributed by atoms with E-state index in [-0.39, 0.29) is 17.5 Å². The number of thiazole rings is 1. The summed E-state index contributed by atoms with van der Waals surface area (Å²) in [6.07, 6.45) is 3.08. The van der Waals surface area contributed by atoms with Gasteiger partial charge in [-0.2, -0.15) is 0 Å². The Morgan fingerprint density at radius 2 is 2.13 bits per heavy atom. The number of carbonyl (C=O) groups is 1. The van der Waals surface area contributed by atoms with E-state index < -0.39 is 0 Å². The molecule has 0 bridgehead atoms. The van der Waals surface area contributed by atoms with Crippen molar-refractivity contribution in [3.63, 3.8) is 0 Å². The molecule has 6 nitrogen and oxygen atoms in total. The molecule has 0 aromatic carbocycles. The van der Waals surface area contributed by atoms with Crippen LogP contribution in [0.2, 0.25) is 0 Å². The Kier molecular flexibility index (Phi) is 2.55. The molecule has 0 aliphatic heterocycles. The van der Waals surface area contributed by atoms with Gasteiger partial charge in [0, 0.05) is 17.8 Å². The van der Waals surface area contributed by atoms with Crippen molar-refractivity contribution >= 4 is 28.3 Å². The van der Waals surface area contributed by atoms with Gasteiger partial charge < -0.3 is 5.73 Å². The van der Waals surface area contributed by atoms with E-state index in [1.54, 1.807) is 11.4 Å². The highest BCUT2D eigenvalue weighted by atomic mass is 32.1. The summed E-state index contributed by atoms with van der Waals surface area (Å²) in [6, 6.07) is 1.66. The zero-order valence-corrected chi connectivity index (χ0v) is 8.36. The number of nitrogens with zero attached hydrogens (tertiary/aromatic N) is 3. The van der Waals surface area contributed by atoms with E-state index in [0.717, 1.165) is 0 Å². The predicted octanol–water partition coefficient (Wildman–Crippen LogP) is 0.768. The number of hydrogen-bond acceptors (Lipinski definition) is 6. The number of amides is 1. The van der Waals surface area contributed by atoms with Crippen LogP contribution in [0.5, 0.6) is 0 Å². The first-order chi connectivity index (χ1) is 7.25. The van der Waals surface area contributed by atoms with Gasteiger partial charge in [0.25, 0.3) is 5.91 Å². The van der Waals surface area contributed by atoms with Gasteiger partial charge in [0.15, 0.2) is 5.13 Å². The molecule has 0 atom stereocenters. The van der Waals surface area contributed by atoms with Crippen LogP contribution < -0.4 is 11.1 Å². The van der Waals surface area contributed by atoms with Crippen LogP contribution in [0.4, 0.5) is 11.1 Å². The third kappa shape index (κ3) is 2.26. The molecule has 2 aromatic heterocycles. The van der Waals surface area contributed by atoms with Crippen LogP contribution in [0.25, 0.3) is 0 Å². The van der Waals surface area contributed by atoms with Crippen molar-refractivity contribution in [2.75, 3.05) is 11.1 Å². The summed E-state index contributed by atoms with van der Waals surface area (Å²) in [6.45, 7) is 0. The minimum Gasteiger partial charge on any atom is -0.375 e. The number of nitrogens with two attached hydrogens (primary N) is 1. The van der Waals surface area contributed by atoms with Crippen LogP contribution >= 0.6 is 11.3 Å². The van der Waals surface area contributed by atoms with Gasteiger partial charge in [-0.3, -0.25) is 10.1 Å². The maximum Gasteiger partial charge on any atom is 0.277 e. The van der Waals surface area contributed by atoms with Crippen LogP contribution in [0.1, 0.15) is 10.5 Å². The molecule has 0 aliphatic rings. The Labute approximate surface area is 89.2 Å². The van der Waals surface area contributed by atoms with Crippen LogP contribution in [0.15, 0.2) is 23.8 Å². The molecular weight excluding hydrogens is 214 g/mol. The first-order valence-electron chi connectivity index (χ1n) is 4.05. The van der Waals surface area contributed by atoms with Gasteiger partial charge in [-0.15, -0.1) is 11.3 Å². The Balaban J connectivity index is 2.11. The number of anilines is 2. The Hall–Kier alpha value is -2.02. The number of carbonyl (C=O) groups excluding carboxylic acids is 1. The van der Waals surface area contributed by atoms with E-state index in [2.05, 4.69) is 20.3 Å². The molecule has 0 saturated carbocycles. The highest BCUT2D eigenvalue weighted by Crippen LogP contribution is 2.11. The molecule has 76 valence electrons. The van der Waals surface area contributed by atoms with E-state index in [9.17, 15) is 4.79 Å². The summed E-state index contributed by atoms with van der Waals surface area (Å²) in [4.78, 5) is 23.1. The molecule has 15 heavy (non-hydrogen) atoms. The third-order valence-electron chi connectivity index (χ3n) is 1.55. The molecule has 0 saturated heterocycles. The molecule has 0 spiro atoms. The molecule has 0 aliphatic carbocycles. The van der Waals surface area contributed by atoms with E-state index in [4.69, 9.17) is 5.73 Å². The summed E-state index contributed by atoms with van der Waals surface area (Å²) in [5.41, 5.74) is 5.67. The van der Waals surface area contributed by atoms with Crippen molar-refractivity contribution in [1.29, 1.82) is 0 Å². The predicted molar refractivity (Wildman–Crippen MR) is 56.5 cm³/mol. The topological polar surface area (TPSA) is 93.8 Å². The maximum atomic E-state index is 11.5. The zero-order valence-electron chi connectivity index (χ0n) is 7.54. The third-order valence-corrected chi connectivity index (χ3v) is 2.22. The van der Waals surface area contributed by atoms with Crippen LogP contribution in [-0.2, 0) is 0 Å². The Morgan fingerprint density at radius 3 is 2.73 bits per heavy atom. The number of nitrogen functional groups attached to an aromatic ring is 1. The smallest absolute Gasteiger partial charge is 0.277 e. The first-order valence-corrected chi connectivity index (χ1v) is 4.93. The molecule has 1 amide bonds. The van der Waals surface area contributed by atoms with Crippen LogP contribution in [0, 0.1) is 0 Å². The van der Waals surface area contributed by atoms with Crippen molar-refractivity contribution in [2.24, 2.45) is 0 Å². The van der Waals surface area contributed by atoms with Crippen LogP contribution in [-0.4, -0.2) is 20.9 Å². The average molecular weight is 221 g/mol. The van der Waals surface area contributed by atoms with Gasteiger partial charge in [-0.05, 0) is 6.07 Å². The lowest BCUT2D eigenvalue weighted by atomic mass is 10.4. The number of nitrogens with one attached hydrogen (secondary N) is 1. The molecule has 2 heterocycles. The fraction of sp³-hybridized carbons (Fsp3) is 0. The second kappa shape index (κ2) is 4.01. The van der Waals surface area contributed by atoms with Crippen molar-refractivity contribution < 1.29 is 4.79 Å². The van der Waals surface area contributed by atoms with Gasteiger partial charge in [0.2, 0.25) is 5.95 Å². The summed E-state index contributed by atoms with van der Waals surface area (Å²) < 4.78 is 0. The molecule has 0 radical (unpaired) electrons. The van der Waals surface area contributed by atoms with Gasteiger partial charge in [-0.25, -0.2) is 15.0 Å². The molecule has 2 aromatic rings. The monoisotopic (exact) mass is 221 g/mol. The van der Waals surface area contributed by atoms with Crippen molar-refractivity contribution in [1.82, 2.24) is 15.0 Å². The van der Waals surface area contributed by atoms with Crippen molar-refractivity contribution in [3.8, 4) is 0 Å². The Morgan fingerprint density at radius 1 is 1.40 bits per heavy atom. The number of hydrogen-bond donors (Lipinski definition) is 2. The zero-order chi connectivity index (χ0) is 10.7. The fourth-order valence-corrected chi connectivity index (χ4v) is 1.46. The lowest BCUT2D eigenvalue weighted by Gasteiger charge is -1.98. The molecule has 0 fully saturated rings. The van der Waals surface area contributed by atoms with Crippen LogP contribution in [0.3, 0.4) is 0 Å². The lowest BCUT2D eigenvalue weighted by Crippen LogP contribution is -2.14. The van der Waals surface area contributed by atoms with E-state index >= 15 is 0 Å². The minimum atomic E-state index is -0.367. The van der Waals surface area contributed by atoms with E-state index in [0.29, 0.717) is 5.13 Å². The molecule has 0 unspecified atom stereocenters. The highest BCUT2D eigenvalue weighted by molar-refractivity contribution is 7.13. The lowest BCUT2D eigenvalue weighted by molar-refractivity contribution is 0.102. The first kappa shape index (κ1) is 9.53. The highest BCUT2D eigenvalue weighted by Gasteiger charge is 2.10. The van der Waals surface area contributed by atoms with Gasteiger partial charge in [0.05, 0.1) is 0 Å². The summed E-state index contributed by atoms with van der Waals surface area (Å²) in [5.74, 6) is -0.122. The average Bonchev–Trinajstić information content (AvgIpc) is 2.66. The molecule has 7 heteroatoms. The van der Waals surface area contributed by atoms with Gasteiger partial charge in [0.1, 0.15) is 5.69 Å². The summed E-state index contributed by atoms with van der Waals surface area (Å²) >= 11 is 1.21. The van der Waals surface area contributed by atoms with E-state index in [1.165, 1.54) is 23.7 Å². The number of rotatable bonds is 2. The second-order valence-corrected chi connectivity index (χ2v) is 3.49. The largest absolute Gasteiger partial charge is 0.375 e. The second-order valence-electron chi connectivity index (χ2n) is 2.60. The van der Waals surface area contributed by atoms with E-state index in [1.807, 2.05) is 0 Å². The molecular formula is C8H7N5OS. The summed E-state index contributed by atoms with van der Waals surface area (Å²) in [5, 5.41) is 4.43. The summed E-state index contributed by atoms with van der Waals surface area (Å²) in [7, 11) is 0. The quantitative estimate of drug-likeness (QED) is 0.781. The SMILES string of the molecule is Nc1nc(C(=O)Nc2ncccn2)cs1. The number of aromatic nitrogens is 3. The Bertz CT molecular complexity index is 469. The van der Waals surface area contributed by atoms with Crippen molar-refractivity contribution in [3.05, 3.63) is 29.5 Å². The minimum absolute atomic E-state index is 0.245. The molecule has 2 rings (SSSR count).